The van der Waals surface area contributed by atoms with Gasteiger partial charge in [-0.3, -0.25) is 4.79 Å². The van der Waals surface area contributed by atoms with Crippen molar-refractivity contribution in [3.8, 4) is 0 Å². The fourth-order valence-electron chi connectivity index (χ4n) is 2.99. The van der Waals surface area contributed by atoms with E-state index in [1.165, 1.54) is 25.7 Å². The molecule has 1 heterocycles. The van der Waals surface area contributed by atoms with E-state index in [1.807, 2.05) is 11.9 Å². The minimum atomic E-state index is -0.256. The second-order valence-electron chi connectivity index (χ2n) is 5.68. The van der Waals surface area contributed by atoms with Crippen LogP contribution in [0.5, 0.6) is 0 Å². The van der Waals surface area contributed by atoms with Crippen molar-refractivity contribution >= 4 is 5.91 Å². The lowest BCUT2D eigenvalue weighted by Crippen LogP contribution is -2.51. The van der Waals surface area contributed by atoms with Crippen LogP contribution in [0.1, 0.15) is 25.7 Å². The Morgan fingerprint density at radius 1 is 1.29 bits per heavy atom. The van der Waals surface area contributed by atoms with Crippen LogP contribution in [0.4, 0.5) is 0 Å². The molecule has 0 radical (unpaired) electrons. The monoisotopic (exact) mass is 238 g/mol. The summed E-state index contributed by atoms with van der Waals surface area (Å²) >= 11 is 0. The molecule has 1 saturated heterocycles. The highest BCUT2D eigenvalue weighted by molar-refractivity contribution is 5.81. The number of hydrogen-bond acceptors (Lipinski definition) is 3. The molecule has 1 aliphatic heterocycles. The highest BCUT2D eigenvalue weighted by atomic mass is 16.5. The number of amides is 1. The van der Waals surface area contributed by atoms with Gasteiger partial charge in [-0.05, 0) is 37.5 Å². The average Bonchev–Trinajstić information content (AvgIpc) is 3.23. The zero-order valence-corrected chi connectivity index (χ0v) is 10.5. The first-order valence-corrected chi connectivity index (χ1v) is 6.86. The van der Waals surface area contributed by atoms with Gasteiger partial charge in [-0.1, -0.05) is 0 Å². The topological polar surface area (TPSA) is 41.6 Å². The highest BCUT2D eigenvalue weighted by Gasteiger charge is 2.45. The summed E-state index contributed by atoms with van der Waals surface area (Å²) in [6.45, 7) is 2.19. The number of hydrogen-bond donors (Lipinski definition) is 1. The van der Waals surface area contributed by atoms with Crippen LogP contribution in [0, 0.1) is 11.8 Å². The summed E-state index contributed by atoms with van der Waals surface area (Å²) in [4.78, 5) is 14.4. The minimum absolute atomic E-state index is 0.181. The van der Waals surface area contributed by atoms with Gasteiger partial charge in [0.25, 0.3) is 5.91 Å². The molecule has 0 aromatic heterocycles. The highest BCUT2D eigenvalue weighted by Crippen LogP contribution is 2.46. The first-order chi connectivity index (χ1) is 8.27. The Balaban J connectivity index is 1.62. The number of carbonyl (C=O) groups excluding carboxylic acids is 1. The van der Waals surface area contributed by atoms with Gasteiger partial charge in [-0.15, -0.1) is 0 Å². The van der Waals surface area contributed by atoms with Crippen LogP contribution in [-0.2, 0) is 9.53 Å². The molecule has 0 aromatic carbocycles. The van der Waals surface area contributed by atoms with Crippen LogP contribution in [-0.4, -0.2) is 49.7 Å². The van der Waals surface area contributed by atoms with E-state index in [1.54, 1.807) is 0 Å². The van der Waals surface area contributed by atoms with Crippen molar-refractivity contribution < 1.29 is 9.53 Å². The summed E-state index contributed by atoms with van der Waals surface area (Å²) in [6.07, 6.45) is 4.98. The summed E-state index contributed by atoms with van der Waals surface area (Å²) in [5.74, 6) is 1.72. The van der Waals surface area contributed by atoms with Crippen LogP contribution in [0.3, 0.4) is 0 Å². The predicted molar refractivity (Wildman–Crippen MR) is 64.6 cm³/mol. The molecule has 17 heavy (non-hydrogen) atoms. The molecule has 1 N–H and O–H groups in total. The molecule has 0 bridgehead atoms. The van der Waals surface area contributed by atoms with Crippen molar-refractivity contribution in [3.05, 3.63) is 0 Å². The van der Waals surface area contributed by atoms with Crippen LogP contribution in [0.15, 0.2) is 0 Å². The zero-order valence-electron chi connectivity index (χ0n) is 10.5. The maximum absolute atomic E-state index is 12.4. The number of nitrogens with zero attached hydrogens (tertiary/aromatic N) is 1. The molecule has 3 rings (SSSR count). The summed E-state index contributed by atoms with van der Waals surface area (Å²) < 4.78 is 5.56. The normalized spacial score (nSPS) is 29.4. The Morgan fingerprint density at radius 3 is 2.41 bits per heavy atom. The van der Waals surface area contributed by atoms with Crippen molar-refractivity contribution in [3.63, 3.8) is 0 Å². The van der Waals surface area contributed by atoms with Crippen molar-refractivity contribution in [1.29, 1.82) is 0 Å². The largest absolute Gasteiger partial charge is 0.366 e. The van der Waals surface area contributed by atoms with Gasteiger partial charge in [-0.25, -0.2) is 0 Å². The van der Waals surface area contributed by atoms with Crippen LogP contribution >= 0.6 is 0 Å². The molecule has 1 amide bonds. The number of nitrogens with one attached hydrogen (secondary N) is 1. The van der Waals surface area contributed by atoms with Gasteiger partial charge in [0, 0.05) is 26.2 Å². The fourth-order valence-corrected chi connectivity index (χ4v) is 2.99. The molecule has 3 aliphatic rings. The number of likely N-dealkylation sites (N-methyl/N-ethyl adjacent to an activating group) is 1. The van der Waals surface area contributed by atoms with E-state index in [0.717, 1.165) is 18.4 Å². The minimum Gasteiger partial charge on any atom is -0.366 e. The van der Waals surface area contributed by atoms with Crippen LogP contribution < -0.4 is 5.32 Å². The van der Waals surface area contributed by atoms with Gasteiger partial charge in [0.2, 0.25) is 0 Å². The third-order valence-corrected chi connectivity index (χ3v) is 4.21. The molecule has 96 valence electrons. The molecule has 1 atom stereocenters. The quantitative estimate of drug-likeness (QED) is 0.781. The first kappa shape index (κ1) is 11.5. The SMILES string of the molecule is CN(C(=O)C1CNCCO1)C(C1CC1)C1CC1. The lowest BCUT2D eigenvalue weighted by molar-refractivity contribution is -0.146. The average molecular weight is 238 g/mol. The number of rotatable bonds is 4. The van der Waals surface area contributed by atoms with Crippen molar-refractivity contribution in [1.82, 2.24) is 10.2 Å². The fraction of sp³-hybridized carbons (Fsp3) is 0.923. The zero-order chi connectivity index (χ0) is 11.8. The lowest BCUT2D eigenvalue weighted by Gasteiger charge is -2.33. The van der Waals surface area contributed by atoms with Crippen molar-refractivity contribution in [2.75, 3.05) is 26.7 Å². The van der Waals surface area contributed by atoms with E-state index >= 15 is 0 Å². The number of carbonyl (C=O) groups is 1. The van der Waals surface area contributed by atoms with Crippen molar-refractivity contribution in [2.24, 2.45) is 11.8 Å². The predicted octanol–water partition coefficient (Wildman–Crippen LogP) is 0.622. The summed E-state index contributed by atoms with van der Waals surface area (Å²) in [5.41, 5.74) is 0. The van der Waals surface area contributed by atoms with Gasteiger partial charge < -0.3 is 15.0 Å². The molecular formula is C13H22N2O2. The molecule has 0 aromatic rings. The molecule has 4 heteroatoms. The Hall–Kier alpha value is -0.610. The maximum Gasteiger partial charge on any atom is 0.253 e. The van der Waals surface area contributed by atoms with Gasteiger partial charge in [-0.2, -0.15) is 0 Å². The molecular weight excluding hydrogens is 216 g/mol. The Labute approximate surface area is 103 Å². The van der Waals surface area contributed by atoms with Crippen LogP contribution in [0.25, 0.3) is 0 Å². The second-order valence-corrected chi connectivity index (χ2v) is 5.68. The van der Waals surface area contributed by atoms with Crippen molar-refractivity contribution in [2.45, 2.75) is 37.8 Å². The van der Waals surface area contributed by atoms with Gasteiger partial charge in [0.15, 0.2) is 0 Å². The Kier molecular flexibility index (Phi) is 3.09. The van der Waals surface area contributed by atoms with E-state index in [2.05, 4.69) is 5.32 Å². The molecule has 2 aliphatic carbocycles. The first-order valence-electron chi connectivity index (χ1n) is 6.86. The Morgan fingerprint density at radius 2 is 1.94 bits per heavy atom. The van der Waals surface area contributed by atoms with Gasteiger partial charge in [0.05, 0.1) is 6.61 Å². The van der Waals surface area contributed by atoms with Gasteiger partial charge >= 0.3 is 0 Å². The summed E-state index contributed by atoms with van der Waals surface area (Å²) in [6, 6.07) is 0.494. The standard InChI is InChI=1S/C13H22N2O2/c1-15(12(9-2-3-9)10-4-5-10)13(16)11-8-14-6-7-17-11/h9-12,14H,2-8H2,1H3. The Bertz CT molecular complexity index is 282. The van der Waals surface area contributed by atoms with E-state index in [0.29, 0.717) is 19.2 Å². The van der Waals surface area contributed by atoms with Gasteiger partial charge in [0.1, 0.15) is 6.10 Å². The second kappa shape index (κ2) is 4.58. The molecule has 2 saturated carbocycles. The summed E-state index contributed by atoms with van der Waals surface area (Å²) in [7, 11) is 1.97. The van der Waals surface area contributed by atoms with E-state index in [9.17, 15) is 4.79 Å². The molecule has 4 nitrogen and oxygen atoms in total. The third kappa shape index (κ3) is 2.47. The number of ether oxygens (including phenoxy) is 1. The van der Waals surface area contributed by atoms with E-state index in [-0.39, 0.29) is 12.0 Å². The molecule has 3 fully saturated rings. The third-order valence-electron chi connectivity index (χ3n) is 4.21. The number of morpholine rings is 1. The lowest BCUT2D eigenvalue weighted by atomic mass is 10.1. The molecule has 0 spiro atoms. The summed E-state index contributed by atoms with van der Waals surface area (Å²) in [5, 5.41) is 3.23. The van der Waals surface area contributed by atoms with E-state index in [4.69, 9.17) is 4.74 Å². The van der Waals surface area contributed by atoms with Crippen LogP contribution in [0.2, 0.25) is 0 Å². The maximum atomic E-state index is 12.4. The smallest absolute Gasteiger partial charge is 0.253 e. The van der Waals surface area contributed by atoms with E-state index < -0.39 is 0 Å². The molecule has 1 unspecified atom stereocenters.